The minimum absolute atomic E-state index is 0.00785. The van der Waals surface area contributed by atoms with Crippen LogP contribution in [0, 0.1) is 11.3 Å². The number of thioether (sulfide) groups is 1. The van der Waals surface area contributed by atoms with Crippen molar-refractivity contribution < 1.29 is 4.79 Å². The van der Waals surface area contributed by atoms with Gasteiger partial charge in [0.2, 0.25) is 0 Å². The minimum Gasteiger partial charge on any atom is -0.329 e. The van der Waals surface area contributed by atoms with Gasteiger partial charge in [0.15, 0.2) is 0 Å². The molecule has 1 aliphatic rings. The van der Waals surface area contributed by atoms with Gasteiger partial charge in [0.25, 0.3) is 0 Å². The third-order valence-electron chi connectivity index (χ3n) is 2.84. The Bertz CT molecular complexity index is 466. The molecule has 5 heteroatoms. The molecule has 0 bridgehead atoms. The summed E-state index contributed by atoms with van der Waals surface area (Å²) in [6.45, 7) is 2.83. The van der Waals surface area contributed by atoms with E-state index in [9.17, 15) is 4.79 Å². The van der Waals surface area contributed by atoms with Gasteiger partial charge in [-0.2, -0.15) is 5.26 Å². The van der Waals surface area contributed by atoms with Crippen LogP contribution in [0.4, 0.5) is 4.79 Å². The molecule has 2 amide bonds. The van der Waals surface area contributed by atoms with E-state index >= 15 is 0 Å². The quantitative estimate of drug-likeness (QED) is 0.669. The van der Waals surface area contributed by atoms with Gasteiger partial charge < -0.3 is 10.2 Å². The van der Waals surface area contributed by atoms with Crippen molar-refractivity contribution in [2.24, 2.45) is 0 Å². The highest BCUT2D eigenvalue weighted by atomic mass is 32.2. The molecule has 0 spiro atoms. The van der Waals surface area contributed by atoms with Crippen molar-refractivity contribution >= 4 is 17.8 Å². The minimum atomic E-state index is -0.159. The summed E-state index contributed by atoms with van der Waals surface area (Å²) in [6, 6.07) is 10.1. The van der Waals surface area contributed by atoms with Crippen molar-refractivity contribution in [3.05, 3.63) is 29.8 Å². The van der Waals surface area contributed by atoms with E-state index in [1.54, 1.807) is 11.8 Å². The van der Waals surface area contributed by atoms with Gasteiger partial charge in [-0.1, -0.05) is 19.1 Å². The molecule has 0 aromatic heterocycles. The Kier molecular flexibility index (Phi) is 4.11. The van der Waals surface area contributed by atoms with Gasteiger partial charge in [0.05, 0.1) is 12.1 Å². The SMILES string of the molecule is CCSc1ccc(C2CN(CC#N)C(=O)N2)cc1. The van der Waals surface area contributed by atoms with Crippen LogP contribution in [0.5, 0.6) is 0 Å². The van der Waals surface area contributed by atoms with Crippen molar-refractivity contribution in [3.8, 4) is 6.07 Å². The summed E-state index contributed by atoms with van der Waals surface area (Å²) < 4.78 is 0. The Balaban J connectivity index is 2.05. The average Bonchev–Trinajstić information content (AvgIpc) is 2.73. The number of rotatable bonds is 4. The van der Waals surface area contributed by atoms with E-state index in [1.807, 2.05) is 18.2 Å². The monoisotopic (exact) mass is 261 g/mol. The molecule has 1 unspecified atom stereocenters. The van der Waals surface area contributed by atoms with Crippen LogP contribution in [-0.4, -0.2) is 29.8 Å². The lowest BCUT2D eigenvalue weighted by molar-refractivity contribution is 0.222. The summed E-state index contributed by atoms with van der Waals surface area (Å²) in [5.74, 6) is 1.05. The average molecular weight is 261 g/mol. The maximum atomic E-state index is 11.6. The number of nitrogens with one attached hydrogen (secondary N) is 1. The van der Waals surface area contributed by atoms with Gasteiger partial charge in [-0.25, -0.2) is 4.79 Å². The Morgan fingerprint density at radius 3 is 2.83 bits per heavy atom. The molecular formula is C13H15N3OS. The zero-order valence-electron chi connectivity index (χ0n) is 10.2. The van der Waals surface area contributed by atoms with E-state index in [4.69, 9.17) is 5.26 Å². The van der Waals surface area contributed by atoms with Crippen LogP contribution in [0.1, 0.15) is 18.5 Å². The van der Waals surface area contributed by atoms with E-state index in [0.29, 0.717) is 6.54 Å². The first-order valence-electron chi connectivity index (χ1n) is 5.89. The summed E-state index contributed by atoms with van der Waals surface area (Å²) in [5, 5.41) is 11.5. The molecule has 2 rings (SSSR count). The number of hydrogen-bond donors (Lipinski definition) is 1. The fourth-order valence-electron chi connectivity index (χ4n) is 1.96. The zero-order chi connectivity index (χ0) is 13.0. The molecule has 1 heterocycles. The van der Waals surface area contributed by atoms with E-state index in [1.165, 1.54) is 9.80 Å². The molecule has 0 aliphatic carbocycles. The summed E-state index contributed by atoms with van der Waals surface area (Å²) in [7, 11) is 0. The van der Waals surface area contributed by atoms with E-state index in [-0.39, 0.29) is 18.6 Å². The Hall–Kier alpha value is -1.67. The number of benzene rings is 1. The van der Waals surface area contributed by atoms with E-state index in [0.717, 1.165) is 11.3 Å². The summed E-state index contributed by atoms with van der Waals surface area (Å²) >= 11 is 1.79. The van der Waals surface area contributed by atoms with Crippen LogP contribution in [0.3, 0.4) is 0 Å². The maximum Gasteiger partial charge on any atom is 0.318 e. The largest absolute Gasteiger partial charge is 0.329 e. The number of urea groups is 1. The van der Waals surface area contributed by atoms with E-state index in [2.05, 4.69) is 24.4 Å². The predicted molar refractivity (Wildman–Crippen MR) is 71.3 cm³/mol. The lowest BCUT2D eigenvalue weighted by Crippen LogP contribution is -2.28. The van der Waals surface area contributed by atoms with Gasteiger partial charge >= 0.3 is 6.03 Å². The number of nitrogens with zero attached hydrogens (tertiary/aromatic N) is 2. The molecule has 94 valence electrons. The highest BCUT2D eigenvalue weighted by molar-refractivity contribution is 7.99. The van der Waals surface area contributed by atoms with Crippen molar-refractivity contribution in [1.82, 2.24) is 10.2 Å². The smallest absolute Gasteiger partial charge is 0.318 e. The molecule has 0 saturated carbocycles. The fraction of sp³-hybridized carbons (Fsp3) is 0.385. The molecule has 1 atom stereocenters. The Labute approximate surface area is 111 Å². The van der Waals surface area contributed by atoms with Gasteiger partial charge in [-0.3, -0.25) is 0 Å². The fourth-order valence-corrected chi connectivity index (χ4v) is 2.62. The molecule has 1 aromatic carbocycles. The molecule has 1 N–H and O–H groups in total. The number of amides is 2. The third-order valence-corrected chi connectivity index (χ3v) is 3.74. The van der Waals surface area contributed by atoms with Crippen molar-refractivity contribution in [1.29, 1.82) is 5.26 Å². The van der Waals surface area contributed by atoms with Crippen molar-refractivity contribution in [2.75, 3.05) is 18.8 Å². The van der Waals surface area contributed by atoms with Crippen LogP contribution in [-0.2, 0) is 0 Å². The third kappa shape index (κ3) is 2.77. The van der Waals surface area contributed by atoms with Gasteiger partial charge in [-0.05, 0) is 23.4 Å². The number of nitriles is 1. The second kappa shape index (κ2) is 5.78. The van der Waals surface area contributed by atoms with Crippen molar-refractivity contribution in [3.63, 3.8) is 0 Å². The van der Waals surface area contributed by atoms with Crippen molar-refractivity contribution in [2.45, 2.75) is 17.9 Å². The summed E-state index contributed by atoms with van der Waals surface area (Å²) in [6.07, 6.45) is 0. The van der Waals surface area contributed by atoms with Gasteiger partial charge in [0.1, 0.15) is 6.54 Å². The first-order valence-corrected chi connectivity index (χ1v) is 6.88. The first kappa shape index (κ1) is 12.8. The Morgan fingerprint density at radius 1 is 1.50 bits per heavy atom. The topological polar surface area (TPSA) is 56.1 Å². The van der Waals surface area contributed by atoms with Gasteiger partial charge in [-0.15, -0.1) is 11.8 Å². The predicted octanol–water partition coefficient (Wildman–Crippen LogP) is 2.39. The molecule has 1 aliphatic heterocycles. The van der Waals surface area contributed by atoms with Crippen LogP contribution in [0.25, 0.3) is 0 Å². The number of carbonyl (C=O) groups excluding carboxylic acids is 1. The standard InChI is InChI=1S/C13H15N3OS/c1-2-18-11-5-3-10(4-6-11)12-9-16(8-7-14)13(17)15-12/h3-6,12H,2,8-9H2,1H3,(H,15,17). The Morgan fingerprint density at radius 2 is 2.22 bits per heavy atom. The zero-order valence-corrected chi connectivity index (χ0v) is 11.0. The highest BCUT2D eigenvalue weighted by Gasteiger charge is 2.29. The molecular weight excluding hydrogens is 246 g/mol. The lowest BCUT2D eigenvalue weighted by Gasteiger charge is -2.11. The molecule has 1 fully saturated rings. The lowest BCUT2D eigenvalue weighted by atomic mass is 10.1. The van der Waals surface area contributed by atoms with Crippen LogP contribution < -0.4 is 5.32 Å². The van der Waals surface area contributed by atoms with Crippen LogP contribution in [0.15, 0.2) is 29.2 Å². The second-order valence-electron chi connectivity index (χ2n) is 4.04. The molecule has 1 aromatic rings. The second-order valence-corrected chi connectivity index (χ2v) is 5.38. The first-order chi connectivity index (χ1) is 8.74. The van der Waals surface area contributed by atoms with Crippen LogP contribution >= 0.6 is 11.8 Å². The number of carbonyl (C=O) groups is 1. The number of hydrogen-bond acceptors (Lipinski definition) is 3. The van der Waals surface area contributed by atoms with Crippen LogP contribution in [0.2, 0.25) is 0 Å². The normalized spacial score (nSPS) is 18.6. The molecule has 0 radical (unpaired) electrons. The maximum absolute atomic E-state index is 11.6. The van der Waals surface area contributed by atoms with E-state index < -0.39 is 0 Å². The van der Waals surface area contributed by atoms with Gasteiger partial charge in [0, 0.05) is 11.4 Å². The molecule has 4 nitrogen and oxygen atoms in total. The highest BCUT2D eigenvalue weighted by Crippen LogP contribution is 2.23. The summed E-state index contributed by atoms with van der Waals surface area (Å²) in [4.78, 5) is 14.3. The summed E-state index contributed by atoms with van der Waals surface area (Å²) in [5.41, 5.74) is 1.09. The molecule has 1 saturated heterocycles. The molecule has 18 heavy (non-hydrogen) atoms.